The van der Waals surface area contributed by atoms with E-state index in [-0.39, 0.29) is 5.82 Å². The normalized spacial score (nSPS) is 10.9. The minimum absolute atomic E-state index is 0.242. The Balaban J connectivity index is 1.75. The predicted octanol–water partition coefficient (Wildman–Crippen LogP) is 3.65. The number of nitrogens with zero attached hydrogens (tertiary/aromatic N) is 4. The van der Waals surface area contributed by atoms with Gasteiger partial charge in [0.15, 0.2) is 0 Å². The zero-order valence-corrected chi connectivity index (χ0v) is 16.2. The van der Waals surface area contributed by atoms with E-state index in [0.29, 0.717) is 18.3 Å². The maximum Gasteiger partial charge on any atom is 0.225 e. The minimum Gasteiger partial charge on any atom is -0.366 e. The van der Waals surface area contributed by atoms with Crippen LogP contribution in [0.2, 0.25) is 0 Å². The lowest BCUT2D eigenvalue weighted by atomic mass is 10.2. The number of nitrogens with one attached hydrogen (secondary N) is 2. The first-order valence-corrected chi connectivity index (χ1v) is 9.26. The quantitative estimate of drug-likeness (QED) is 0.553. The molecule has 7 heteroatoms. The summed E-state index contributed by atoms with van der Waals surface area (Å²) in [4.78, 5) is 15.5. The fraction of sp³-hybridized carbons (Fsp3) is 0.286. The summed E-state index contributed by atoms with van der Waals surface area (Å²) in [5.74, 6) is 1.03. The maximum absolute atomic E-state index is 13.1. The van der Waals surface area contributed by atoms with Crippen LogP contribution in [0.15, 0.2) is 54.9 Å². The van der Waals surface area contributed by atoms with Gasteiger partial charge in [-0.1, -0.05) is 12.1 Å². The Hall–Kier alpha value is -3.06. The molecule has 2 N–H and O–H groups in total. The van der Waals surface area contributed by atoms with E-state index in [9.17, 15) is 4.39 Å². The van der Waals surface area contributed by atoms with Crippen molar-refractivity contribution in [2.75, 3.05) is 37.8 Å². The molecule has 6 nitrogen and oxygen atoms in total. The van der Waals surface area contributed by atoms with Crippen molar-refractivity contribution >= 4 is 11.8 Å². The molecule has 0 spiro atoms. The number of halogens is 1. The van der Waals surface area contributed by atoms with Gasteiger partial charge in [0.2, 0.25) is 5.95 Å². The van der Waals surface area contributed by atoms with Gasteiger partial charge in [0.05, 0.1) is 5.69 Å². The van der Waals surface area contributed by atoms with Crippen molar-refractivity contribution in [1.29, 1.82) is 0 Å². The van der Waals surface area contributed by atoms with Crippen LogP contribution in [0, 0.1) is 5.82 Å². The first-order valence-electron chi connectivity index (χ1n) is 9.26. The van der Waals surface area contributed by atoms with Crippen LogP contribution in [0.3, 0.4) is 0 Å². The van der Waals surface area contributed by atoms with Gasteiger partial charge in [-0.05, 0) is 56.9 Å². The van der Waals surface area contributed by atoms with E-state index in [2.05, 4.69) is 44.6 Å². The summed E-state index contributed by atoms with van der Waals surface area (Å²) < 4.78 is 13.1. The Bertz CT molecular complexity index is 868. The predicted molar refractivity (Wildman–Crippen MR) is 111 cm³/mol. The lowest BCUT2D eigenvalue weighted by Crippen LogP contribution is -2.17. The summed E-state index contributed by atoms with van der Waals surface area (Å²) in [5, 5.41) is 6.59. The Morgan fingerprint density at radius 2 is 1.86 bits per heavy atom. The standard InChI is InChI=1S/C21H25FN6/c1-28(2)12-4-11-24-21-26-19(17-5-3-10-23-15-17)13-20(27-21)25-14-16-6-8-18(22)9-7-16/h3,5-10,13,15H,4,11-12,14H2,1-2H3,(H2,24,25,26,27). The summed E-state index contributed by atoms with van der Waals surface area (Å²) in [6.45, 7) is 2.32. The van der Waals surface area contributed by atoms with Crippen LogP contribution >= 0.6 is 0 Å². The molecule has 146 valence electrons. The summed E-state index contributed by atoms with van der Waals surface area (Å²) >= 11 is 0. The molecular weight excluding hydrogens is 355 g/mol. The second-order valence-corrected chi connectivity index (χ2v) is 6.77. The van der Waals surface area contributed by atoms with Gasteiger partial charge in [-0.2, -0.15) is 4.98 Å². The molecule has 3 rings (SSSR count). The highest BCUT2D eigenvalue weighted by Gasteiger charge is 2.07. The molecule has 0 amide bonds. The maximum atomic E-state index is 13.1. The van der Waals surface area contributed by atoms with Gasteiger partial charge in [0.1, 0.15) is 11.6 Å². The van der Waals surface area contributed by atoms with Crippen molar-refractivity contribution in [2.45, 2.75) is 13.0 Å². The van der Waals surface area contributed by atoms with E-state index in [4.69, 9.17) is 0 Å². The lowest BCUT2D eigenvalue weighted by molar-refractivity contribution is 0.405. The number of anilines is 2. The molecule has 1 aromatic carbocycles. The van der Waals surface area contributed by atoms with E-state index >= 15 is 0 Å². The van der Waals surface area contributed by atoms with Crippen LogP contribution in [-0.4, -0.2) is 47.0 Å². The van der Waals surface area contributed by atoms with Crippen molar-refractivity contribution < 1.29 is 4.39 Å². The van der Waals surface area contributed by atoms with E-state index in [1.807, 2.05) is 18.2 Å². The molecule has 0 aliphatic carbocycles. The third kappa shape index (κ3) is 5.99. The Kier molecular flexibility index (Phi) is 6.86. The minimum atomic E-state index is -0.242. The second kappa shape index (κ2) is 9.75. The van der Waals surface area contributed by atoms with Gasteiger partial charge in [-0.25, -0.2) is 9.37 Å². The van der Waals surface area contributed by atoms with Crippen molar-refractivity contribution in [1.82, 2.24) is 19.9 Å². The van der Waals surface area contributed by atoms with E-state index < -0.39 is 0 Å². The van der Waals surface area contributed by atoms with Gasteiger partial charge >= 0.3 is 0 Å². The fourth-order valence-corrected chi connectivity index (χ4v) is 2.67. The van der Waals surface area contributed by atoms with Crippen LogP contribution in [0.5, 0.6) is 0 Å². The third-order valence-corrected chi connectivity index (χ3v) is 4.14. The summed E-state index contributed by atoms with van der Waals surface area (Å²) in [5.41, 5.74) is 2.69. The molecular formula is C21H25FN6. The highest BCUT2D eigenvalue weighted by atomic mass is 19.1. The number of benzene rings is 1. The molecule has 0 fully saturated rings. The number of rotatable bonds is 9. The number of pyridine rings is 1. The summed E-state index contributed by atoms with van der Waals surface area (Å²) in [6.07, 6.45) is 4.51. The zero-order valence-electron chi connectivity index (χ0n) is 16.2. The number of hydrogen-bond acceptors (Lipinski definition) is 6. The topological polar surface area (TPSA) is 66.0 Å². The monoisotopic (exact) mass is 380 g/mol. The summed E-state index contributed by atoms with van der Waals surface area (Å²) in [7, 11) is 4.11. The highest BCUT2D eigenvalue weighted by molar-refractivity contribution is 5.63. The zero-order chi connectivity index (χ0) is 19.8. The van der Waals surface area contributed by atoms with Gasteiger partial charge < -0.3 is 15.5 Å². The van der Waals surface area contributed by atoms with Crippen molar-refractivity contribution in [3.05, 3.63) is 66.2 Å². The summed E-state index contributed by atoms with van der Waals surface area (Å²) in [6, 6.07) is 12.2. The van der Waals surface area contributed by atoms with Gasteiger partial charge in [-0.15, -0.1) is 0 Å². The highest BCUT2D eigenvalue weighted by Crippen LogP contribution is 2.21. The van der Waals surface area contributed by atoms with Crippen LogP contribution in [0.4, 0.5) is 16.2 Å². The SMILES string of the molecule is CN(C)CCCNc1nc(NCc2ccc(F)cc2)cc(-c2cccnc2)n1. The van der Waals surface area contributed by atoms with Gasteiger partial charge in [0.25, 0.3) is 0 Å². The van der Waals surface area contributed by atoms with E-state index in [1.54, 1.807) is 24.5 Å². The Labute approximate surface area is 164 Å². The molecule has 0 saturated carbocycles. The van der Waals surface area contributed by atoms with Crippen LogP contribution in [0.25, 0.3) is 11.3 Å². The molecule has 3 aromatic rings. The number of aromatic nitrogens is 3. The van der Waals surface area contributed by atoms with Crippen LogP contribution in [0.1, 0.15) is 12.0 Å². The second-order valence-electron chi connectivity index (χ2n) is 6.77. The van der Waals surface area contributed by atoms with E-state index in [0.717, 1.165) is 36.3 Å². The van der Waals surface area contributed by atoms with Crippen molar-refractivity contribution in [3.63, 3.8) is 0 Å². The molecule has 0 unspecified atom stereocenters. The third-order valence-electron chi connectivity index (χ3n) is 4.14. The average molecular weight is 380 g/mol. The molecule has 2 heterocycles. The lowest BCUT2D eigenvalue weighted by Gasteiger charge is -2.13. The Morgan fingerprint density at radius 1 is 1.04 bits per heavy atom. The molecule has 0 aliphatic heterocycles. The average Bonchev–Trinajstić information content (AvgIpc) is 2.71. The van der Waals surface area contributed by atoms with Gasteiger partial charge in [-0.3, -0.25) is 4.98 Å². The van der Waals surface area contributed by atoms with Crippen molar-refractivity contribution in [2.24, 2.45) is 0 Å². The number of hydrogen-bond donors (Lipinski definition) is 2. The molecule has 2 aromatic heterocycles. The van der Waals surface area contributed by atoms with Gasteiger partial charge in [0, 0.05) is 37.1 Å². The first-order chi connectivity index (χ1) is 13.6. The van der Waals surface area contributed by atoms with E-state index in [1.165, 1.54) is 12.1 Å². The fourth-order valence-electron chi connectivity index (χ4n) is 2.67. The first kappa shape index (κ1) is 19.7. The largest absolute Gasteiger partial charge is 0.366 e. The molecule has 28 heavy (non-hydrogen) atoms. The molecule has 0 aliphatic rings. The van der Waals surface area contributed by atoms with Crippen molar-refractivity contribution in [3.8, 4) is 11.3 Å². The van der Waals surface area contributed by atoms with Crippen LogP contribution < -0.4 is 10.6 Å². The Morgan fingerprint density at radius 3 is 2.57 bits per heavy atom. The van der Waals surface area contributed by atoms with Crippen LogP contribution in [-0.2, 0) is 6.54 Å². The molecule has 0 bridgehead atoms. The molecule has 0 radical (unpaired) electrons. The molecule has 0 atom stereocenters. The smallest absolute Gasteiger partial charge is 0.225 e. The molecule has 0 saturated heterocycles.